The van der Waals surface area contributed by atoms with Gasteiger partial charge in [0, 0.05) is 64.3 Å². The zero-order valence-electron chi connectivity index (χ0n) is 23.1. The van der Waals surface area contributed by atoms with Gasteiger partial charge in [0.25, 0.3) is 0 Å². The van der Waals surface area contributed by atoms with Crippen LogP contribution < -0.4 is 4.90 Å². The highest BCUT2D eigenvalue weighted by Crippen LogP contribution is 2.42. The molecule has 0 radical (unpaired) electrons. The number of hydrogen-bond donors (Lipinski definition) is 0. The maximum absolute atomic E-state index is 4.70. The molecule has 6 aromatic carbocycles. The third kappa shape index (κ3) is 4.03. The number of hydrogen-bond acceptors (Lipinski definition) is 4. The number of rotatable bonds is 4. The number of para-hydroxylation sites is 2. The quantitative estimate of drug-likeness (QED) is 0.205. The van der Waals surface area contributed by atoms with Gasteiger partial charge in [0.1, 0.15) is 0 Å². The Morgan fingerprint density at radius 1 is 0.419 bits per heavy atom. The summed E-state index contributed by atoms with van der Waals surface area (Å²) in [6, 6.07) is 50.4. The van der Waals surface area contributed by atoms with Gasteiger partial charge in [0.2, 0.25) is 0 Å². The molecule has 3 heterocycles. The Balaban J connectivity index is 1.15. The summed E-state index contributed by atoms with van der Waals surface area (Å²) in [6.45, 7) is 0. The summed E-state index contributed by atoms with van der Waals surface area (Å²) in [4.78, 5) is 7.04. The Kier molecular flexibility index (Phi) is 5.58. The lowest BCUT2D eigenvalue weighted by molar-refractivity contribution is 1.29. The summed E-state index contributed by atoms with van der Waals surface area (Å²) in [5, 5.41) is 6.45. The van der Waals surface area contributed by atoms with E-state index in [2.05, 4.69) is 144 Å². The molecule has 202 valence electrons. The third-order valence-corrected chi connectivity index (χ3v) is 10.5. The van der Waals surface area contributed by atoms with Crippen molar-refractivity contribution < 1.29 is 0 Å². The molecular formula is C39H24N2S2. The van der Waals surface area contributed by atoms with Gasteiger partial charge >= 0.3 is 0 Å². The maximum atomic E-state index is 4.70. The highest BCUT2D eigenvalue weighted by atomic mass is 32.1. The van der Waals surface area contributed by atoms with Crippen molar-refractivity contribution in [2.45, 2.75) is 0 Å². The summed E-state index contributed by atoms with van der Waals surface area (Å²) in [5.74, 6) is 0. The van der Waals surface area contributed by atoms with Crippen LogP contribution in [0.5, 0.6) is 0 Å². The number of nitrogens with zero attached hydrogens (tertiary/aromatic N) is 2. The Morgan fingerprint density at radius 2 is 1.07 bits per heavy atom. The van der Waals surface area contributed by atoms with Crippen molar-refractivity contribution in [1.82, 2.24) is 4.98 Å². The van der Waals surface area contributed by atoms with Gasteiger partial charge in [-0.3, -0.25) is 4.98 Å². The Labute approximate surface area is 256 Å². The van der Waals surface area contributed by atoms with E-state index in [1.54, 1.807) is 0 Å². The van der Waals surface area contributed by atoms with E-state index in [4.69, 9.17) is 4.98 Å². The fourth-order valence-corrected chi connectivity index (χ4v) is 8.48. The van der Waals surface area contributed by atoms with Crippen LogP contribution >= 0.6 is 22.7 Å². The number of fused-ring (bicyclic) bond motifs is 8. The molecule has 0 atom stereocenters. The van der Waals surface area contributed by atoms with Crippen molar-refractivity contribution in [2.24, 2.45) is 0 Å². The van der Waals surface area contributed by atoms with Crippen molar-refractivity contribution in [3.8, 4) is 11.1 Å². The first-order chi connectivity index (χ1) is 21.3. The number of anilines is 3. The van der Waals surface area contributed by atoms with Crippen LogP contribution in [0, 0.1) is 0 Å². The fourth-order valence-electron chi connectivity index (χ4n) is 6.27. The van der Waals surface area contributed by atoms with E-state index in [-0.39, 0.29) is 0 Å². The highest BCUT2D eigenvalue weighted by molar-refractivity contribution is 7.26. The van der Waals surface area contributed by atoms with Gasteiger partial charge < -0.3 is 4.90 Å². The molecule has 0 aliphatic heterocycles. The molecule has 0 aliphatic carbocycles. The zero-order valence-corrected chi connectivity index (χ0v) is 24.7. The van der Waals surface area contributed by atoms with Crippen molar-refractivity contribution in [3.05, 3.63) is 146 Å². The van der Waals surface area contributed by atoms with Crippen molar-refractivity contribution in [2.75, 3.05) is 4.90 Å². The first-order valence-electron chi connectivity index (χ1n) is 14.4. The molecule has 0 aliphatic rings. The van der Waals surface area contributed by atoms with Gasteiger partial charge in [-0.25, -0.2) is 0 Å². The van der Waals surface area contributed by atoms with Crippen molar-refractivity contribution >= 4 is 91.0 Å². The van der Waals surface area contributed by atoms with E-state index in [9.17, 15) is 0 Å². The van der Waals surface area contributed by atoms with E-state index >= 15 is 0 Å². The topological polar surface area (TPSA) is 16.1 Å². The molecule has 0 spiro atoms. The van der Waals surface area contributed by atoms with Crippen LogP contribution in [0.2, 0.25) is 0 Å². The highest BCUT2D eigenvalue weighted by Gasteiger charge is 2.15. The summed E-state index contributed by atoms with van der Waals surface area (Å²) >= 11 is 3.67. The second kappa shape index (κ2) is 9.77. The molecule has 2 nitrogen and oxygen atoms in total. The molecule has 0 saturated heterocycles. The van der Waals surface area contributed by atoms with E-state index in [0.717, 1.165) is 22.6 Å². The fraction of sp³-hybridized carbons (Fsp3) is 0. The molecule has 9 aromatic rings. The summed E-state index contributed by atoms with van der Waals surface area (Å²) in [6.07, 6.45) is 2.02. The van der Waals surface area contributed by atoms with Crippen LogP contribution in [0.3, 0.4) is 0 Å². The molecule has 0 bridgehead atoms. The van der Waals surface area contributed by atoms with Crippen LogP contribution in [0.4, 0.5) is 17.1 Å². The number of pyridine rings is 1. The van der Waals surface area contributed by atoms with E-state index in [1.165, 1.54) is 56.9 Å². The number of aromatic nitrogens is 1. The molecule has 9 rings (SSSR count). The van der Waals surface area contributed by atoms with E-state index in [0.29, 0.717) is 0 Å². The Morgan fingerprint density at radius 3 is 1.95 bits per heavy atom. The molecule has 43 heavy (non-hydrogen) atoms. The average Bonchev–Trinajstić information content (AvgIpc) is 3.63. The van der Waals surface area contributed by atoms with E-state index < -0.39 is 0 Å². The van der Waals surface area contributed by atoms with Crippen LogP contribution in [0.15, 0.2) is 146 Å². The maximum Gasteiger partial charge on any atom is 0.0709 e. The lowest BCUT2D eigenvalue weighted by atomic mass is 10.0. The predicted molar refractivity (Wildman–Crippen MR) is 188 cm³/mol. The van der Waals surface area contributed by atoms with Gasteiger partial charge in [-0.15, -0.1) is 22.7 Å². The van der Waals surface area contributed by atoms with Crippen molar-refractivity contribution in [1.29, 1.82) is 0 Å². The average molecular weight is 585 g/mol. The zero-order chi connectivity index (χ0) is 28.3. The summed E-state index contributed by atoms with van der Waals surface area (Å²) < 4.78 is 5.15. The third-order valence-electron chi connectivity index (χ3n) is 8.30. The number of benzene rings is 6. The van der Waals surface area contributed by atoms with E-state index in [1.807, 2.05) is 28.9 Å². The van der Waals surface area contributed by atoms with Crippen LogP contribution in [0.1, 0.15) is 0 Å². The summed E-state index contributed by atoms with van der Waals surface area (Å²) in [7, 11) is 0. The Bertz CT molecular complexity index is 2450. The molecule has 0 N–H and O–H groups in total. The molecule has 0 saturated carbocycles. The van der Waals surface area contributed by atoms with Gasteiger partial charge in [0.15, 0.2) is 0 Å². The van der Waals surface area contributed by atoms with Gasteiger partial charge in [-0.1, -0.05) is 78.9 Å². The smallest absolute Gasteiger partial charge is 0.0709 e. The molecule has 4 heteroatoms. The first-order valence-corrected chi connectivity index (χ1v) is 16.0. The molecule has 0 amide bonds. The van der Waals surface area contributed by atoms with Crippen molar-refractivity contribution in [3.63, 3.8) is 0 Å². The Hall–Kier alpha value is -5.03. The van der Waals surface area contributed by atoms with Crippen LogP contribution in [-0.2, 0) is 0 Å². The molecule has 3 aromatic heterocycles. The summed E-state index contributed by atoms with van der Waals surface area (Å²) in [5.41, 5.74) is 6.90. The minimum Gasteiger partial charge on any atom is -0.310 e. The molecular weight excluding hydrogens is 561 g/mol. The SMILES string of the molecule is c1ccc(N(c2ccc(-c3ccc4sc5cnc6ccccc6c5c4c3)cc2)c2ccc3c(c2)sc2ccccc23)cc1. The van der Waals surface area contributed by atoms with Gasteiger partial charge in [0.05, 0.1) is 10.2 Å². The minimum atomic E-state index is 1.04. The van der Waals surface area contributed by atoms with Gasteiger partial charge in [-0.05, 0) is 71.8 Å². The minimum absolute atomic E-state index is 1.04. The lowest BCUT2D eigenvalue weighted by Crippen LogP contribution is -2.09. The second-order valence-electron chi connectivity index (χ2n) is 10.8. The molecule has 0 fully saturated rings. The lowest BCUT2D eigenvalue weighted by Gasteiger charge is -2.25. The first kappa shape index (κ1) is 24.6. The molecule has 0 unspecified atom stereocenters. The van der Waals surface area contributed by atoms with Crippen LogP contribution in [0.25, 0.3) is 62.4 Å². The predicted octanol–water partition coefficient (Wildman–Crippen LogP) is 12.1. The van der Waals surface area contributed by atoms with Crippen LogP contribution in [-0.4, -0.2) is 4.98 Å². The standard InChI is InChI=1S/C39H24N2S2/c1-2-8-27(9-3-1)41(29-19-20-31-30-10-5-7-13-35(30)42-37(31)23-29)28-17-14-25(15-18-28)26-16-21-36-33(22-26)39-32-11-4-6-12-34(32)40-24-38(39)43-36/h1-24H. The number of thiophene rings is 2. The van der Waals surface area contributed by atoms with Gasteiger partial charge in [-0.2, -0.15) is 0 Å². The second-order valence-corrected chi connectivity index (χ2v) is 13.0. The largest absolute Gasteiger partial charge is 0.310 e. The normalized spacial score (nSPS) is 11.7. The monoisotopic (exact) mass is 584 g/mol.